The summed E-state index contributed by atoms with van der Waals surface area (Å²) in [5.74, 6) is -0.136. The number of aryl methyl sites for hydroxylation is 2. The van der Waals surface area contributed by atoms with Crippen LogP contribution in [0, 0.1) is 11.3 Å². The van der Waals surface area contributed by atoms with E-state index in [4.69, 9.17) is 5.73 Å². The van der Waals surface area contributed by atoms with Gasteiger partial charge in [0.15, 0.2) is 5.13 Å². The molecule has 1 aliphatic rings. The Morgan fingerprint density at radius 3 is 2.79 bits per heavy atom. The van der Waals surface area contributed by atoms with E-state index in [0.717, 1.165) is 24.4 Å². The van der Waals surface area contributed by atoms with Gasteiger partial charge in [0.1, 0.15) is 0 Å². The van der Waals surface area contributed by atoms with Crippen LogP contribution in [-0.4, -0.2) is 17.4 Å². The van der Waals surface area contributed by atoms with Crippen molar-refractivity contribution in [3.63, 3.8) is 0 Å². The first-order valence-electron chi connectivity index (χ1n) is 6.88. The predicted molar refractivity (Wildman–Crippen MR) is 79.4 cm³/mol. The molecule has 0 bridgehead atoms. The van der Waals surface area contributed by atoms with Gasteiger partial charge in [-0.1, -0.05) is 20.8 Å². The highest BCUT2D eigenvalue weighted by molar-refractivity contribution is 7.15. The van der Waals surface area contributed by atoms with Crippen molar-refractivity contribution < 1.29 is 4.79 Å². The van der Waals surface area contributed by atoms with E-state index in [1.54, 1.807) is 11.3 Å². The Hall–Kier alpha value is -0.940. The van der Waals surface area contributed by atoms with Gasteiger partial charge >= 0.3 is 0 Å². The summed E-state index contributed by atoms with van der Waals surface area (Å²) in [7, 11) is 0. The number of fused-ring (bicyclic) bond motifs is 1. The predicted octanol–water partition coefficient (Wildman–Crippen LogP) is 2.58. The fourth-order valence-electron chi connectivity index (χ4n) is 2.47. The molecule has 1 atom stereocenters. The van der Waals surface area contributed by atoms with Crippen LogP contribution in [0.2, 0.25) is 0 Å². The number of carbonyl (C=O) groups excluding carboxylic acids is 1. The summed E-state index contributed by atoms with van der Waals surface area (Å²) in [5.41, 5.74) is 7.00. The fraction of sp³-hybridized carbons (Fsp3) is 0.714. The maximum Gasteiger partial charge on any atom is 0.230 e. The Balaban J connectivity index is 1.98. The fourth-order valence-corrected chi connectivity index (χ4v) is 3.53. The summed E-state index contributed by atoms with van der Waals surface area (Å²) in [6.07, 6.45) is 4.13. The van der Waals surface area contributed by atoms with E-state index in [9.17, 15) is 4.79 Å². The highest BCUT2D eigenvalue weighted by atomic mass is 32.1. The van der Waals surface area contributed by atoms with Crippen molar-refractivity contribution in [3.8, 4) is 0 Å². The van der Waals surface area contributed by atoms with Gasteiger partial charge < -0.3 is 11.1 Å². The molecule has 19 heavy (non-hydrogen) atoms. The molecule has 0 saturated carbocycles. The standard InChI is InChI=1S/C14H23N3OS/c1-14(2,3)7-9(8-15)12(18)17-13-16-10-5-4-6-11(10)19-13/h9H,4-8,15H2,1-3H3,(H,16,17,18). The molecule has 1 aromatic rings. The largest absolute Gasteiger partial charge is 0.330 e. The first kappa shape index (κ1) is 14.5. The van der Waals surface area contributed by atoms with Crippen molar-refractivity contribution in [1.29, 1.82) is 0 Å². The van der Waals surface area contributed by atoms with E-state index in [-0.39, 0.29) is 17.2 Å². The summed E-state index contributed by atoms with van der Waals surface area (Å²) >= 11 is 1.61. The average molecular weight is 281 g/mol. The summed E-state index contributed by atoms with van der Waals surface area (Å²) in [6.45, 7) is 6.76. The van der Waals surface area contributed by atoms with Crippen molar-refractivity contribution in [2.45, 2.75) is 46.5 Å². The number of thiazole rings is 1. The molecule has 1 aliphatic carbocycles. The summed E-state index contributed by atoms with van der Waals surface area (Å²) in [6, 6.07) is 0. The summed E-state index contributed by atoms with van der Waals surface area (Å²) in [5, 5.41) is 3.67. The Bertz CT molecular complexity index is 440. The Morgan fingerprint density at radius 2 is 2.21 bits per heavy atom. The number of amides is 1. The van der Waals surface area contributed by atoms with E-state index in [1.165, 1.54) is 17.0 Å². The number of nitrogens with zero attached hydrogens (tertiary/aromatic N) is 1. The number of nitrogens with one attached hydrogen (secondary N) is 1. The summed E-state index contributed by atoms with van der Waals surface area (Å²) in [4.78, 5) is 18.0. The molecule has 1 amide bonds. The number of carbonyl (C=O) groups is 1. The minimum absolute atomic E-state index is 0.00449. The lowest BCUT2D eigenvalue weighted by Gasteiger charge is -2.23. The maximum atomic E-state index is 12.2. The zero-order chi connectivity index (χ0) is 14.0. The molecule has 0 radical (unpaired) electrons. The van der Waals surface area contributed by atoms with Crippen LogP contribution in [0.3, 0.4) is 0 Å². The number of nitrogens with two attached hydrogens (primary N) is 1. The first-order chi connectivity index (χ1) is 8.89. The maximum absolute atomic E-state index is 12.2. The van der Waals surface area contributed by atoms with Gasteiger partial charge in [0, 0.05) is 11.4 Å². The van der Waals surface area contributed by atoms with Crippen molar-refractivity contribution in [2.24, 2.45) is 17.1 Å². The Kier molecular flexibility index (Phi) is 4.26. The monoisotopic (exact) mass is 281 g/mol. The molecule has 0 aromatic carbocycles. The van der Waals surface area contributed by atoms with Gasteiger partial charge in [-0.3, -0.25) is 4.79 Å². The first-order valence-corrected chi connectivity index (χ1v) is 7.70. The molecule has 1 heterocycles. The summed E-state index contributed by atoms with van der Waals surface area (Å²) < 4.78 is 0. The molecule has 4 nitrogen and oxygen atoms in total. The molecular weight excluding hydrogens is 258 g/mol. The van der Waals surface area contributed by atoms with Crippen LogP contribution < -0.4 is 11.1 Å². The average Bonchev–Trinajstić information content (AvgIpc) is 2.84. The zero-order valence-electron chi connectivity index (χ0n) is 12.0. The van der Waals surface area contributed by atoms with Gasteiger partial charge in [-0.05, 0) is 31.1 Å². The third kappa shape index (κ3) is 3.76. The third-order valence-corrected chi connectivity index (χ3v) is 4.41. The van der Waals surface area contributed by atoms with Gasteiger partial charge in [-0.15, -0.1) is 11.3 Å². The third-order valence-electron chi connectivity index (χ3n) is 3.34. The van der Waals surface area contributed by atoms with E-state index in [0.29, 0.717) is 6.54 Å². The van der Waals surface area contributed by atoms with Crippen LogP contribution in [0.5, 0.6) is 0 Å². The van der Waals surface area contributed by atoms with Gasteiger partial charge in [-0.25, -0.2) is 4.98 Å². The van der Waals surface area contributed by atoms with Crippen LogP contribution in [0.1, 0.15) is 44.2 Å². The number of anilines is 1. The second-order valence-electron chi connectivity index (χ2n) is 6.43. The lowest BCUT2D eigenvalue weighted by molar-refractivity contribution is -0.120. The molecule has 3 N–H and O–H groups in total. The molecule has 0 fully saturated rings. The number of hydrogen-bond acceptors (Lipinski definition) is 4. The van der Waals surface area contributed by atoms with Gasteiger partial charge in [0.05, 0.1) is 11.6 Å². The molecule has 1 unspecified atom stereocenters. The highest BCUT2D eigenvalue weighted by Crippen LogP contribution is 2.31. The highest BCUT2D eigenvalue weighted by Gasteiger charge is 2.25. The lowest BCUT2D eigenvalue weighted by Crippen LogP contribution is -2.32. The topological polar surface area (TPSA) is 68.0 Å². The normalized spacial score (nSPS) is 16.2. The van der Waals surface area contributed by atoms with Crippen LogP contribution in [-0.2, 0) is 17.6 Å². The minimum atomic E-state index is -0.140. The molecule has 2 rings (SSSR count). The number of hydrogen-bond donors (Lipinski definition) is 2. The van der Waals surface area contributed by atoms with Crippen molar-refractivity contribution in [1.82, 2.24) is 4.98 Å². The molecule has 1 aromatic heterocycles. The van der Waals surface area contributed by atoms with E-state index in [1.807, 2.05) is 0 Å². The van der Waals surface area contributed by atoms with E-state index >= 15 is 0 Å². The van der Waals surface area contributed by atoms with Crippen LogP contribution in [0.15, 0.2) is 0 Å². The van der Waals surface area contributed by atoms with Gasteiger partial charge in [0.25, 0.3) is 0 Å². The SMILES string of the molecule is CC(C)(C)CC(CN)C(=O)Nc1nc2c(s1)CCC2. The molecule has 0 aliphatic heterocycles. The quantitative estimate of drug-likeness (QED) is 0.891. The molecule has 0 spiro atoms. The molecule has 106 valence electrons. The molecule has 0 saturated heterocycles. The second-order valence-corrected chi connectivity index (χ2v) is 7.51. The van der Waals surface area contributed by atoms with Crippen LogP contribution in [0.25, 0.3) is 0 Å². The van der Waals surface area contributed by atoms with Gasteiger partial charge in [-0.2, -0.15) is 0 Å². The van der Waals surface area contributed by atoms with E-state index in [2.05, 4.69) is 31.1 Å². The van der Waals surface area contributed by atoms with Gasteiger partial charge in [0.2, 0.25) is 5.91 Å². The number of aromatic nitrogens is 1. The minimum Gasteiger partial charge on any atom is -0.330 e. The van der Waals surface area contributed by atoms with Crippen molar-refractivity contribution in [2.75, 3.05) is 11.9 Å². The Labute approximate surface area is 118 Å². The van der Waals surface area contributed by atoms with Crippen LogP contribution in [0.4, 0.5) is 5.13 Å². The number of rotatable bonds is 4. The van der Waals surface area contributed by atoms with Crippen LogP contribution >= 0.6 is 11.3 Å². The van der Waals surface area contributed by atoms with E-state index < -0.39 is 0 Å². The smallest absolute Gasteiger partial charge is 0.230 e. The molecular formula is C14H23N3OS. The van der Waals surface area contributed by atoms with Crippen molar-refractivity contribution >= 4 is 22.4 Å². The Morgan fingerprint density at radius 1 is 1.47 bits per heavy atom. The van der Waals surface area contributed by atoms with Crippen molar-refractivity contribution in [3.05, 3.63) is 10.6 Å². The zero-order valence-corrected chi connectivity index (χ0v) is 12.8. The lowest BCUT2D eigenvalue weighted by atomic mass is 9.84. The second kappa shape index (κ2) is 5.59. The molecule has 5 heteroatoms.